The van der Waals surface area contributed by atoms with E-state index >= 15 is 0 Å². The number of halogens is 1. The first-order chi connectivity index (χ1) is 7.74. The van der Waals surface area contributed by atoms with E-state index in [1.54, 1.807) is 6.08 Å². The number of hydrogen-bond acceptors (Lipinski definition) is 2. The van der Waals surface area contributed by atoms with Crippen molar-refractivity contribution in [1.82, 2.24) is 5.32 Å². The lowest BCUT2D eigenvalue weighted by molar-refractivity contribution is 0.158. The smallest absolute Gasteiger partial charge is 0.407 e. The minimum Gasteiger partial charge on any atom is -0.445 e. The molecule has 0 spiro atoms. The fraction of sp³-hybridized carbons (Fsp3) is 0.250. The number of carbonyl (C=O) groups excluding carboxylic acids is 1. The Morgan fingerprint density at radius 1 is 1.50 bits per heavy atom. The lowest BCUT2D eigenvalue weighted by atomic mass is 10.1. The molecular formula is C12H14INO2. The van der Waals surface area contributed by atoms with Crippen LogP contribution in [0.25, 0.3) is 0 Å². The Labute approximate surface area is 109 Å². The van der Waals surface area contributed by atoms with Gasteiger partial charge in [-0.15, -0.1) is 0 Å². The van der Waals surface area contributed by atoms with Gasteiger partial charge in [-0.25, -0.2) is 4.79 Å². The molecule has 16 heavy (non-hydrogen) atoms. The highest BCUT2D eigenvalue weighted by Crippen LogP contribution is 2.11. The molecule has 0 fully saturated rings. The van der Waals surface area contributed by atoms with Gasteiger partial charge in [0, 0.05) is 10.1 Å². The number of nitrogens with one attached hydrogen (secondary N) is 1. The SMILES string of the molecule is C=CCOC(=O)NCCc1ccccc1I. The van der Waals surface area contributed by atoms with Crippen molar-refractivity contribution < 1.29 is 9.53 Å². The molecule has 1 amide bonds. The van der Waals surface area contributed by atoms with Crippen LogP contribution in [0.3, 0.4) is 0 Å². The predicted octanol–water partition coefficient (Wildman–Crippen LogP) is 2.75. The molecule has 0 aliphatic heterocycles. The fourth-order valence-corrected chi connectivity index (χ4v) is 1.84. The zero-order valence-electron chi connectivity index (χ0n) is 8.91. The summed E-state index contributed by atoms with van der Waals surface area (Å²) in [6, 6.07) is 8.09. The van der Waals surface area contributed by atoms with Crippen LogP contribution in [0.5, 0.6) is 0 Å². The maximum atomic E-state index is 11.1. The third kappa shape index (κ3) is 4.65. The Morgan fingerprint density at radius 3 is 2.94 bits per heavy atom. The van der Waals surface area contributed by atoms with Crippen molar-refractivity contribution in [2.24, 2.45) is 0 Å². The molecule has 0 aliphatic carbocycles. The quantitative estimate of drug-likeness (QED) is 0.666. The van der Waals surface area contributed by atoms with E-state index in [0.29, 0.717) is 6.54 Å². The molecule has 0 aromatic heterocycles. The summed E-state index contributed by atoms with van der Waals surface area (Å²) in [6.45, 7) is 4.29. The second-order valence-electron chi connectivity index (χ2n) is 3.16. The van der Waals surface area contributed by atoms with E-state index in [0.717, 1.165) is 6.42 Å². The first-order valence-corrected chi connectivity index (χ1v) is 6.07. The van der Waals surface area contributed by atoms with Crippen LogP contribution in [0.15, 0.2) is 36.9 Å². The second-order valence-corrected chi connectivity index (χ2v) is 4.32. The Kier molecular flexibility index (Phi) is 5.92. The second kappa shape index (κ2) is 7.27. The first kappa shape index (κ1) is 13.0. The maximum Gasteiger partial charge on any atom is 0.407 e. The largest absolute Gasteiger partial charge is 0.445 e. The van der Waals surface area contributed by atoms with Gasteiger partial charge in [0.05, 0.1) is 0 Å². The highest BCUT2D eigenvalue weighted by Gasteiger charge is 2.01. The third-order valence-corrected chi connectivity index (χ3v) is 3.01. The molecule has 0 heterocycles. The molecule has 0 aliphatic rings. The molecule has 0 saturated heterocycles. The molecular weight excluding hydrogens is 317 g/mol. The number of hydrogen-bond donors (Lipinski definition) is 1. The van der Waals surface area contributed by atoms with E-state index in [2.05, 4.69) is 40.6 Å². The van der Waals surface area contributed by atoms with E-state index < -0.39 is 6.09 Å². The van der Waals surface area contributed by atoms with Crippen molar-refractivity contribution in [2.45, 2.75) is 6.42 Å². The Balaban J connectivity index is 2.28. The van der Waals surface area contributed by atoms with Gasteiger partial charge >= 0.3 is 6.09 Å². The molecule has 86 valence electrons. The number of ether oxygens (including phenoxy) is 1. The first-order valence-electron chi connectivity index (χ1n) is 4.99. The normalized spacial score (nSPS) is 9.56. The average molecular weight is 331 g/mol. The van der Waals surface area contributed by atoms with Crippen LogP contribution in [-0.4, -0.2) is 19.2 Å². The molecule has 0 atom stereocenters. The number of benzene rings is 1. The van der Waals surface area contributed by atoms with Crippen LogP contribution >= 0.6 is 22.6 Å². The standard InChI is InChI=1S/C12H14INO2/c1-2-9-16-12(15)14-8-7-10-5-3-4-6-11(10)13/h2-6H,1,7-9H2,(H,14,15). The van der Waals surface area contributed by atoms with Crippen molar-refractivity contribution in [3.63, 3.8) is 0 Å². The van der Waals surface area contributed by atoms with Crippen LogP contribution in [0.2, 0.25) is 0 Å². The van der Waals surface area contributed by atoms with Crippen molar-refractivity contribution in [2.75, 3.05) is 13.2 Å². The minimum absolute atomic E-state index is 0.245. The van der Waals surface area contributed by atoms with Gasteiger partial charge < -0.3 is 10.1 Å². The molecule has 1 rings (SSSR count). The fourth-order valence-electron chi connectivity index (χ4n) is 1.19. The average Bonchev–Trinajstić information content (AvgIpc) is 2.29. The van der Waals surface area contributed by atoms with Crippen LogP contribution in [-0.2, 0) is 11.2 Å². The molecule has 1 N–H and O–H groups in total. The van der Waals surface area contributed by atoms with Gasteiger partial charge in [0.15, 0.2) is 0 Å². The van der Waals surface area contributed by atoms with Crippen LogP contribution < -0.4 is 5.32 Å². The zero-order valence-corrected chi connectivity index (χ0v) is 11.1. The van der Waals surface area contributed by atoms with Gasteiger partial charge in [-0.1, -0.05) is 30.9 Å². The monoisotopic (exact) mass is 331 g/mol. The van der Waals surface area contributed by atoms with Crippen molar-refractivity contribution >= 4 is 28.7 Å². The van der Waals surface area contributed by atoms with E-state index in [-0.39, 0.29) is 6.61 Å². The summed E-state index contributed by atoms with van der Waals surface area (Å²) in [5.74, 6) is 0. The van der Waals surface area contributed by atoms with Gasteiger partial charge in [-0.05, 0) is 40.6 Å². The summed E-state index contributed by atoms with van der Waals surface area (Å²) < 4.78 is 6.00. The summed E-state index contributed by atoms with van der Waals surface area (Å²) in [5.41, 5.74) is 1.23. The molecule has 4 heteroatoms. The number of rotatable bonds is 5. The molecule has 1 aromatic rings. The topological polar surface area (TPSA) is 38.3 Å². The lowest BCUT2D eigenvalue weighted by Crippen LogP contribution is -2.26. The summed E-state index contributed by atoms with van der Waals surface area (Å²) in [6.07, 6.45) is 1.95. The van der Waals surface area contributed by atoms with Gasteiger partial charge in [-0.3, -0.25) is 0 Å². The summed E-state index contributed by atoms with van der Waals surface area (Å²) in [7, 11) is 0. The summed E-state index contributed by atoms with van der Waals surface area (Å²) in [4.78, 5) is 11.1. The number of carbonyl (C=O) groups is 1. The van der Waals surface area contributed by atoms with Crippen LogP contribution in [0, 0.1) is 3.57 Å². The molecule has 0 unspecified atom stereocenters. The number of alkyl carbamates (subject to hydrolysis) is 1. The van der Waals surface area contributed by atoms with Crippen molar-refractivity contribution in [3.05, 3.63) is 46.1 Å². The molecule has 0 saturated carbocycles. The Hall–Kier alpha value is -1.04. The van der Waals surface area contributed by atoms with Gasteiger partial charge in [0.2, 0.25) is 0 Å². The van der Waals surface area contributed by atoms with Gasteiger partial charge in [0.1, 0.15) is 6.61 Å². The van der Waals surface area contributed by atoms with Gasteiger partial charge in [0.25, 0.3) is 0 Å². The van der Waals surface area contributed by atoms with E-state index in [4.69, 9.17) is 4.74 Å². The molecule has 1 aromatic carbocycles. The molecule has 3 nitrogen and oxygen atoms in total. The summed E-state index contributed by atoms with van der Waals surface area (Å²) in [5, 5.41) is 2.68. The molecule has 0 bridgehead atoms. The van der Waals surface area contributed by atoms with Crippen LogP contribution in [0.1, 0.15) is 5.56 Å². The highest BCUT2D eigenvalue weighted by atomic mass is 127. The number of amides is 1. The van der Waals surface area contributed by atoms with E-state index in [9.17, 15) is 4.79 Å². The maximum absolute atomic E-state index is 11.1. The van der Waals surface area contributed by atoms with E-state index in [1.165, 1.54) is 9.13 Å². The Morgan fingerprint density at radius 2 is 2.25 bits per heavy atom. The van der Waals surface area contributed by atoms with E-state index in [1.807, 2.05) is 18.2 Å². The predicted molar refractivity (Wildman–Crippen MR) is 72.4 cm³/mol. The zero-order chi connectivity index (χ0) is 11.8. The van der Waals surface area contributed by atoms with Crippen LogP contribution in [0.4, 0.5) is 4.79 Å². The summed E-state index contributed by atoms with van der Waals surface area (Å²) >= 11 is 2.28. The minimum atomic E-state index is -0.397. The van der Waals surface area contributed by atoms with Crippen molar-refractivity contribution in [3.8, 4) is 0 Å². The Bertz CT molecular complexity index is 366. The molecule has 0 radical (unpaired) electrons. The van der Waals surface area contributed by atoms with Crippen molar-refractivity contribution in [1.29, 1.82) is 0 Å². The highest BCUT2D eigenvalue weighted by molar-refractivity contribution is 14.1. The third-order valence-electron chi connectivity index (χ3n) is 1.95. The van der Waals surface area contributed by atoms with Gasteiger partial charge in [-0.2, -0.15) is 0 Å². The lowest BCUT2D eigenvalue weighted by Gasteiger charge is -2.06.